The fourth-order valence-electron chi connectivity index (χ4n) is 1.98. The third-order valence-corrected chi connectivity index (χ3v) is 2.92. The highest BCUT2D eigenvalue weighted by atomic mass is 16.5. The number of hydrogen-bond donors (Lipinski definition) is 1. The highest BCUT2D eigenvalue weighted by molar-refractivity contribution is 5.92. The molecule has 18 heavy (non-hydrogen) atoms. The first-order valence-corrected chi connectivity index (χ1v) is 5.78. The Balaban J connectivity index is 2.19. The van der Waals surface area contributed by atoms with Gasteiger partial charge in [0.1, 0.15) is 5.75 Å². The molecule has 96 valence electrons. The smallest absolute Gasteiger partial charge is 0.242 e. The van der Waals surface area contributed by atoms with Gasteiger partial charge in [0.2, 0.25) is 11.8 Å². The number of ether oxygens (including phenoxy) is 1. The minimum atomic E-state index is -0.124. The van der Waals surface area contributed by atoms with Crippen LogP contribution in [0, 0.1) is 6.92 Å². The molecule has 1 N–H and O–H groups in total. The monoisotopic (exact) mass is 248 g/mol. The lowest BCUT2D eigenvalue weighted by Gasteiger charge is -2.27. The zero-order chi connectivity index (χ0) is 13.1. The predicted octanol–water partition coefficient (Wildman–Crippen LogP) is 0.462. The van der Waals surface area contributed by atoms with Crippen LogP contribution < -0.4 is 10.1 Å². The predicted molar refractivity (Wildman–Crippen MR) is 66.2 cm³/mol. The van der Waals surface area contributed by atoms with Gasteiger partial charge in [0.05, 0.1) is 20.2 Å². The normalized spacial score (nSPS) is 15.6. The number of piperazine rings is 1. The van der Waals surface area contributed by atoms with Gasteiger partial charge in [0.25, 0.3) is 0 Å². The summed E-state index contributed by atoms with van der Waals surface area (Å²) in [5.74, 6) is 0.541. The average Bonchev–Trinajstić information content (AvgIpc) is 2.34. The molecule has 1 aliphatic rings. The van der Waals surface area contributed by atoms with Crippen molar-refractivity contribution < 1.29 is 14.3 Å². The molecule has 0 saturated carbocycles. The lowest BCUT2D eigenvalue weighted by Crippen LogP contribution is -2.51. The van der Waals surface area contributed by atoms with Gasteiger partial charge in [-0.25, -0.2) is 0 Å². The zero-order valence-corrected chi connectivity index (χ0v) is 10.5. The van der Waals surface area contributed by atoms with E-state index in [4.69, 9.17) is 4.74 Å². The molecule has 1 aromatic carbocycles. The average molecular weight is 248 g/mol. The first kappa shape index (κ1) is 12.4. The summed E-state index contributed by atoms with van der Waals surface area (Å²) in [6, 6.07) is 5.80. The van der Waals surface area contributed by atoms with Gasteiger partial charge in [-0.2, -0.15) is 0 Å². The summed E-state index contributed by atoms with van der Waals surface area (Å²) < 4.78 is 5.27. The first-order chi connectivity index (χ1) is 8.60. The van der Waals surface area contributed by atoms with Crippen LogP contribution in [0.5, 0.6) is 5.75 Å². The summed E-state index contributed by atoms with van der Waals surface area (Å²) in [7, 11) is 1.60. The number of carbonyl (C=O) groups is 2. The summed E-state index contributed by atoms with van der Waals surface area (Å²) in [5.41, 5.74) is 2.01. The number of nitrogens with zero attached hydrogens (tertiary/aromatic N) is 1. The summed E-state index contributed by atoms with van der Waals surface area (Å²) >= 11 is 0. The van der Waals surface area contributed by atoms with Crippen molar-refractivity contribution in [1.29, 1.82) is 0 Å². The van der Waals surface area contributed by atoms with Crippen molar-refractivity contribution in [2.24, 2.45) is 0 Å². The van der Waals surface area contributed by atoms with Gasteiger partial charge in [-0.3, -0.25) is 9.59 Å². The van der Waals surface area contributed by atoms with Crippen LogP contribution in [0.2, 0.25) is 0 Å². The molecular formula is C13H16N2O3. The highest BCUT2D eigenvalue weighted by Crippen LogP contribution is 2.21. The van der Waals surface area contributed by atoms with Gasteiger partial charge < -0.3 is 15.0 Å². The second-order valence-electron chi connectivity index (χ2n) is 4.34. The van der Waals surface area contributed by atoms with Gasteiger partial charge in [-0.15, -0.1) is 0 Å². The molecule has 0 aromatic heterocycles. The van der Waals surface area contributed by atoms with Gasteiger partial charge >= 0.3 is 0 Å². The standard InChI is InChI=1S/C13H16N2O3/c1-9-3-4-11(18-2)10(5-9)7-15-8-12(16)14-6-13(15)17/h3-5H,6-8H2,1-2H3,(H,14,16). The molecule has 2 rings (SSSR count). The fourth-order valence-corrected chi connectivity index (χ4v) is 1.98. The van der Waals surface area contributed by atoms with E-state index in [1.54, 1.807) is 7.11 Å². The van der Waals surface area contributed by atoms with Crippen LogP contribution in [0.1, 0.15) is 11.1 Å². The molecule has 1 aliphatic heterocycles. The number of benzene rings is 1. The summed E-state index contributed by atoms with van der Waals surface area (Å²) in [5, 5.41) is 2.53. The SMILES string of the molecule is COc1ccc(C)cc1CN1CC(=O)NCC1=O. The van der Waals surface area contributed by atoms with E-state index in [9.17, 15) is 9.59 Å². The Morgan fingerprint density at radius 3 is 2.89 bits per heavy atom. The van der Waals surface area contributed by atoms with Crippen molar-refractivity contribution in [2.75, 3.05) is 20.2 Å². The van der Waals surface area contributed by atoms with Gasteiger partial charge in [0.15, 0.2) is 0 Å². The molecule has 0 unspecified atom stereocenters. The Bertz CT molecular complexity index is 485. The van der Waals surface area contributed by atoms with E-state index in [0.29, 0.717) is 6.54 Å². The number of methoxy groups -OCH3 is 1. The van der Waals surface area contributed by atoms with Crippen LogP contribution in [0.3, 0.4) is 0 Å². The number of hydrogen-bond acceptors (Lipinski definition) is 3. The maximum Gasteiger partial charge on any atom is 0.242 e. The highest BCUT2D eigenvalue weighted by Gasteiger charge is 2.23. The molecule has 1 aromatic rings. The molecule has 1 heterocycles. The van der Waals surface area contributed by atoms with E-state index in [1.807, 2.05) is 25.1 Å². The summed E-state index contributed by atoms with van der Waals surface area (Å²) in [4.78, 5) is 24.5. The summed E-state index contributed by atoms with van der Waals surface area (Å²) in [6.45, 7) is 2.56. The minimum absolute atomic E-state index is 0.0711. The number of aryl methyl sites for hydroxylation is 1. The molecular weight excluding hydrogens is 232 g/mol. The minimum Gasteiger partial charge on any atom is -0.496 e. The quantitative estimate of drug-likeness (QED) is 0.845. The largest absolute Gasteiger partial charge is 0.496 e. The van der Waals surface area contributed by atoms with Crippen LogP contribution in [-0.2, 0) is 16.1 Å². The molecule has 0 spiro atoms. The summed E-state index contributed by atoms with van der Waals surface area (Å²) in [6.07, 6.45) is 0. The molecule has 1 saturated heterocycles. The lowest BCUT2D eigenvalue weighted by atomic mass is 10.1. The molecule has 2 amide bonds. The maximum absolute atomic E-state index is 11.7. The van der Waals surface area contributed by atoms with E-state index in [1.165, 1.54) is 4.90 Å². The Morgan fingerprint density at radius 2 is 2.17 bits per heavy atom. The zero-order valence-electron chi connectivity index (χ0n) is 10.5. The molecule has 5 heteroatoms. The van der Waals surface area contributed by atoms with E-state index in [0.717, 1.165) is 16.9 Å². The number of rotatable bonds is 3. The van der Waals surface area contributed by atoms with Crippen molar-refractivity contribution in [1.82, 2.24) is 10.2 Å². The van der Waals surface area contributed by atoms with Crippen LogP contribution in [0.15, 0.2) is 18.2 Å². The number of nitrogens with one attached hydrogen (secondary N) is 1. The van der Waals surface area contributed by atoms with Crippen LogP contribution >= 0.6 is 0 Å². The Kier molecular flexibility index (Phi) is 3.50. The van der Waals surface area contributed by atoms with Gasteiger partial charge in [0, 0.05) is 12.1 Å². The third kappa shape index (κ3) is 2.61. The van der Waals surface area contributed by atoms with Crippen LogP contribution in [0.25, 0.3) is 0 Å². The second kappa shape index (κ2) is 5.08. The molecule has 0 bridgehead atoms. The second-order valence-corrected chi connectivity index (χ2v) is 4.34. The lowest BCUT2D eigenvalue weighted by molar-refractivity contribution is -0.141. The molecule has 0 atom stereocenters. The Hall–Kier alpha value is -2.04. The Labute approximate surface area is 106 Å². The van der Waals surface area contributed by atoms with Gasteiger partial charge in [-0.05, 0) is 13.0 Å². The fraction of sp³-hybridized carbons (Fsp3) is 0.385. The topological polar surface area (TPSA) is 58.6 Å². The van der Waals surface area contributed by atoms with Crippen molar-refractivity contribution >= 4 is 11.8 Å². The van der Waals surface area contributed by atoms with E-state index in [2.05, 4.69) is 5.32 Å². The molecule has 0 aliphatic carbocycles. The van der Waals surface area contributed by atoms with E-state index >= 15 is 0 Å². The maximum atomic E-state index is 11.7. The van der Waals surface area contributed by atoms with Gasteiger partial charge in [-0.1, -0.05) is 17.7 Å². The van der Waals surface area contributed by atoms with Crippen molar-refractivity contribution in [3.8, 4) is 5.75 Å². The number of carbonyl (C=O) groups excluding carboxylic acids is 2. The van der Waals surface area contributed by atoms with Crippen molar-refractivity contribution in [3.63, 3.8) is 0 Å². The molecule has 5 nitrogen and oxygen atoms in total. The third-order valence-electron chi connectivity index (χ3n) is 2.92. The first-order valence-electron chi connectivity index (χ1n) is 5.78. The van der Waals surface area contributed by atoms with Crippen LogP contribution in [-0.4, -0.2) is 36.9 Å². The van der Waals surface area contributed by atoms with E-state index in [-0.39, 0.29) is 24.9 Å². The van der Waals surface area contributed by atoms with Crippen molar-refractivity contribution in [3.05, 3.63) is 29.3 Å². The molecule has 1 fully saturated rings. The van der Waals surface area contributed by atoms with Crippen molar-refractivity contribution in [2.45, 2.75) is 13.5 Å². The molecule has 0 radical (unpaired) electrons. The number of amides is 2. The van der Waals surface area contributed by atoms with Crippen LogP contribution in [0.4, 0.5) is 0 Å². The Morgan fingerprint density at radius 1 is 1.39 bits per heavy atom. The van der Waals surface area contributed by atoms with E-state index < -0.39 is 0 Å².